The summed E-state index contributed by atoms with van der Waals surface area (Å²) in [4.78, 5) is 23.0. The molecular formula is C16H15NO4S. The van der Waals surface area contributed by atoms with Crippen LogP contribution in [0, 0.1) is 0 Å². The van der Waals surface area contributed by atoms with Crippen LogP contribution >= 0.6 is 11.8 Å². The SMILES string of the molecule is CC(OC(N)=O)Sc1ccccc1-c1ccccc1C(=O)O. The number of primary amides is 1. The summed E-state index contributed by atoms with van der Waals surface area (Å²) in [6.45, 7) is 1.70. The number of nitrogens with two attached hydrogens (primary N) is 1. The Morgan fingerprint density at radius 3 is 2.32 bits per heavy atom. The van der Waals surface area contributed by atoms with Crippen LogP contribution in [0.15, 0.2) is 53.4 Å². The van der Waals surface area contributed by atoms with E-state index in [1.807, 2.05) is 24.3 Å². The molecule has 5 nitrogen and oxygen atoms in total. The zero-order valence-electron chi connectivity index (χ0n) is 11.9. The third kappa shape index (κ3) is 3.79. The van der Waals surface area contributed by atoms with Gasteiger partial charge in [-0.2, -0.15) is 0 Å². The molecule has 0 aliphatic heterocycles. The van der Waals surface area contributed by atoms with Crippen LogP contribution in [-0.4, -0.2) is 22.6 Å². The fourth-order valence-corrected chi connectivity index (χ4v) is 3.03. The normalized spacial score (nSPS) is 11.7. The van der Waals surface area contributed by atoms with E-state index in [4.69, 9.17) is 10.5 Å². The van der Waals surface area contributed by atoms with Crippen LogP contribution in [0.1, 0.15) is 17.3 Å². The first kappa shape index (κ1) is 15.9. The molecule has 6 heteroatoms. The van der Waals surface area contributed by atoms with Crippen LogP contribution in [0.25, 0.3) is 11.1 Å². The molecule has 3 N–H and O–H groups in total. The second kappa shape index (κ2) is 7.00. The fraction of sp³-hybridized carbons (Fsp3) is 0.125. The first-order chi connectivity index (χ1) is 10.5. The highest BCUT2D eigenvalue weighted by Gasteiger charge is 2.16. The smallest absolute Gasteiger partial charge is 0.405 e. The zero-order chi connectivity index (χ0) is 16.1. The van der Waals surface area contributed by atoms with Crippen molar-refractivity contribution < 1.29 is 19.4 Å². The number of ether oxygens (including phenoxy) is 1. The number of amides is 1. The van der Waals surface area contributed by atoms with Gasteiger partial charge in [0.05, 0.1) is 5.56 Å². The van der Waals surface area contributed by atoms with Gasteiger partial charge in [0.2, 0.25) is 0 Å². The summed E-state index contributed by atoms with van der Waals surface area (Å²) in [6, 6.07) is 14.1. The average molecular weight is 317 g/mol. The van der Waals surface area contributed by atoms with Crippen LogP contribution in [-0.2, 0) is 4.74 Å². The first-order valence-electron chi connectivity index (χ1n) is 6.53. The third-order valence-electron chi connectivity index (χ3n) is 2.91. The minimum absolute atomic E-state index is 0.221. The van der Waals surface area contributed by atoms with E-state index in [-0.39, 0.29) is 5.56 Å². The van der Waals surface area contributed by atoms with E-state index in [2.05, 4.69) is 0 Å². The molecule has 0 saturated heterocycles. The number of carbonyl (C=O) groups excluding carboxylic acids is 1. The van der Waals surface area contributed by atoms with Crippen molar-refractivity contribution in [3.05, 3.63) is 54.1 Å². The molecule has 2 rings (SSSR count). The maximum Gasteiger partial charge on any atom is 0.405 e. The highest BCUT2D eigenvalue weighted by atomic mass is 32.2. The molecule has 0 aromatic heterocycles. The number of benzene rings is 2. The predicted octanol–water partition coefficient (Wildman–Crippen LogP) is 3.59. The van der Waals surface area contributed by atoms with E-state index in [1.165, 1.54) is 11.8 Å². The second-order valence-electron chi connectivity index (χ2n) is 4.47. The number of carbonyl (C=O) groups is 2. The van der Waals surface area contributed by atoms with E-state index in [0.29, 0.717) is 5.56 Å². The van der Waals surface area contributed by atoms with Gasteiger partial charge in [-0.15, -0.1) is 0 Å². The summed E-state index contributed by atoms with van der Waals surface area (Å²) in [7, 11) is 0. The molecule has 1 atom stereocenters. The molecule has 1 unspecified atom stereocenters. The Balaban J connectivity index is 2.41. The van der Waals surface area contributed by atoms with Crippen molar-refractivity contribution in [3.8, 4) is 11.1 Å². The molecule has 2 aromatic carbocycles. The molecule has 0 aliphatic carbocycles. The van der Waals surface area contributed by atoms with Gasteiger partial charge in [-0.05, 0) is 30.2 Å². The molecular weight excluding hydrogens is 302 g/mol. The van der Waals surface area contributed by atoms with E-state index >= 15 is 0 Å². The fourth-order valence-electron chi connectivity index (χ4n) is 2.06. The van der Waals surface area contributed by atoms with Crippen molar-refractivity contribution in [1.82, 2.24) is 0 Å². The van der Waals surface area contributed by atoms with Gasteiger partial charge in [-0.1, -0.05) is 48.2 Å². The van der Waals surface area contributed by atoms with Gasteiger partial charge in [0, 0.05) is 4.90 Å². The third-order valence-corrected chi connectivity index (χ3v) is 3.95. The Morgan fingerprint density at radius 1 is 1.09 bits per heavy atom. The highest BCUT2D eigenvalue weighted by molar-refractivity contribution is 7.99. The molecule has 1 amide bonds. The highest BCUT2D eigenvalue weighted by Crippen LogP contribution is 2.35. The molecule has 0 saturated carbocycles. The standard InChI is InChI=1S/C16H15NO4S/c1-10(21-16(17)20)22-14-9-5-4-7-12(14)11-6-2-3-8-13(11)15(18)19/h2-10H,1H3,(H2,17,20)(H,18,19). The van der Waals surface area contributed by atoms with Crippen LogP contribution in [0.3, 0.4) is 0 Å². The minimum Gasteiger partial charge on any atom is -0.478 e. The van der Waals surface area contributed by atoms with Crippen molar-refractivity contribution >= 4 is 23.8 Å². The minimum atomic E-state index is -0.989. The Morgan fingerprint density at radius 2 is 1.68 bits per heavy atom. The van der Waals surface area contributed by atoms with Gasteiger partial charge < -0.3 is 15.6 Å². The number of thioether (sulfide) groups is 1. The Bertz CT molecular complexity index is 702. The molecule has 0 fully saturated rings. The maximum atomic E-state index is 11.4. The van der Waals surface area contributed by atoms with Gasteiger partial charge in [-0.3, -0.25) is 0 Å². The van der Waals surface area contributed by atoms with E-state index in [1.54, 1.807) is 31.2 Å². The van der Waals surface area contributed by atoms with Gasteiger partial charge >= 0.3 is 12.1 Å². The summed E-state index contributed by atoms with van der Waals surface area (Å²) in [6.07, 6.45) is -0.844. The summed E-state index contributed by atoms with van der Waals surface area (Å²) in [5.41, 5.74) is 6.14. The summed E-state index contributed by atoms with van der Waals surface area (Å²) in [5.74, 6) is -0.989. The predicted molar refractivity (Wildman–Crippen MR) is 84.8 cm³/mol. The lowest BCUT2D eigenvalue weighted by atomic mass is 10.00. The molecule has 0 aliphatic rings. The Kier molecular flexibility index (Phi) is 5.06. The van der Waals surface area contributed by atoms with Crippen molar-refractivity contribution in [2.75, 3.05) is 0 Å². The largest absolute Gasteiger partial charge is 0.478 e. The summed E-state index contributed by atoms with van der Waals surface area (Å²) < 4.78 is 4.91. The summed E-state index contributed by atoms with van der Waals surface area (Å²) in [5, 5.41) is 9.33. The van der Waals surface area contributed by atoms with Crippen LogP contribution in [0.5, 0.6) is 0 Å². The maximum absolute atomic E-state index is 11.4. The van der Waals surface area contributed by atoms with Crippen LogP contribution < -0.4 is 5.73 Å². The number of aromatic carboxylic acids is 1. The second-order valence-corrected chi connectivity index (χ2v) is 5.81. The van der Waals surface area contributed by atoms with Crippen LogP contribution in [0.2, 0.25) is 0 Å². The van der Waals surface area contributed by atoms with Crippen molar-refractivity contribution in [2.24, 2.45) is 5.73 Å². The molecule has 0 radical (unpaired) electrons. The van der Waals surface area contributed by atoms with Gasteiger partial charge in [0.15, 0.2) is 5.44 Å². The number of hydrogen-bond acceptors (Lipinski definition) is 4. The van der Waals surface area contributed by atoms with E-state index in [0.717, 1.165) is 10.5 Å². The molecule has 2 aromatic rings. The molecule has 0 bridgehead atoms. The number of hydrogen-bond donors (Lipinski definition) is 2. The average Bonchev–Trinajstić information content (AvgIpc) is 2.47. The van der Waals surface area contributed by atoms with Crippen molar-refractivity contribution in [2.45, 2.75) is 17.3 Å². The van der Waals surface area contributed by atoms with E-state index in [9.17, 15) is 14.7 Å². The van der Waals surface area contributed by atoms with Crippen LogP contribution in [0.4, 0.5) is 4.79 Å². The zero-order valence-corrected chi connectivity index (χ0v) is 12.7. The van der Waals surface area contributed by atoms with Gasteiger partial charge in [-0.25, -0.2) is 9.59 Å². The van der Waals surface area contributed by atoms with Gasteiger partial charge in [0.25, 0.3) is 0 Å². The molecule has 0 spiro atoms. The lowest BCUT2D eigenvalue weighted by Gasteiger charge is -2.15. The Labute approximate surface area is 132 Å². The topological polar surface area (TPSA) is 89.6 Å². The number of carboxylic acid groups (broad SMARTS) is 1. The van der Waals surface area contributed by atoms with Gasteiger partial charge in [0.1, 0.15) is 0 Å². The molecule has 22 heavy (non-hydrogen) atoms. The number of rotatable bonds is 5. The number of carboxylic acids is 1. The molecule has 114 valence electrons. The lowest BCUT2D eigenvalue weighted by Crippen LogP contribution is -2.18. The van der Waals surface area contributed by atoms with Crippen molar-refractivity contribution in [1.29, 1.82) is 0 Å². The quantitative estimate of drug-likeness (QED) is 0.650. The Hall–Kier alpha value is -2.47. The van der Waals surface area contributed by atoms with Crippen molar-refractivity contribution in [3.63, 3.8) is 0 Å². The molecule has 0 heterocycles. The lowest BCUT2D eigenvalue weighted by molar-refractivity contribution is 0.0697. The first-order valence-corrected chi connectivity index (χ1v) is 7.41. The monoisotopic (exact) mass is 317 g/mol. The summed E-state index contributed by atoms with van der Waals surface area (Å²) >= 11 is 1.30. The van der Waals surface area contributed by atoms with E-state index < -0.39 is 17.5 Å².